The van der Waals surface area contributed by atoms with Gasteiger partial charge >= 0.3 is 11.9 Å². The number of rotatable bonds is 16. The number of nitrogens with zero attached hydrogens (tertiary/aromatic N) is 1. The maximum absolute atomic E-state index is 14.5. The molecule has 1 saturated heterocycles. The summed E-state index contributed by atoms with van der Waals surface area (Å²) in [7, 11) is -3.18. The van der Waals surface area contributed by atoms with Gasteiger partial charge in [0.1, 0.15) is 25.3 Å². The quantitative estimate of drug-likeness (QED) is 0.107. The van der Waals surface area contributed by atoms with Crippen molar-refractivity contribution in [3.8, 4) is 0 Å². The van der Waals surface area contributed by atoms with E-state index >= 15 is 0 Å². The van der Waals surface area contributed by atoms with Crippen molar-refractivity contribution in [1.29, 1.82) is 0 Å². The van der Waals surface area contributed by atoms with Crippen LogP contribution < -0.4 is 10.4 Å². The number of carbonyl (C=O) groups excluding carboxylic acids is 4. The van der Waals surface area contributed by atoms with Gasteiger partial charge in [0, 0.05) is 18.9 Å². The first-order chi connectivity index (χ1) is 24.7. The number of hydrogen-bond acceptors (Lipinski definition) is 7. The van der Waals surface area contributed by atoms with Crippen molar-refractivity contribution in [1.82, 2.24) is 15.3 Å². The summed E-state index contributed by atoms with van der Waals surface area (Å²) >= 11 is 0. The maximum Gasteiger partial charge on any atom is 0.329 e. The number of carbonyl (C=O) groups is 4. The molecule has 0 radical (unpaired) electrons. The molecule has 2 amide bonds. The summed E-state index contributed by atoms with van der Waals surface area (Å²) in [6.45, 7) is 1.93. The van der Waals surface area contributed by atoms with E-state index in [4.69, 9.17) is 9.47 Å². The molecule has 1 aliphatic rings. The molecule has 2 N–H and O–H groups in total. The van der Waals surface area contributed by atoms with Gasteiger partial charge < -0.3 is 24.3 Å². The fourth-order valence-electron chi connectivity index (χ4n) is 6.12. The standard InChI is InChI=1S/C40H44N3O7P/c1-30(42-51(48,28-33-19-10-4-11-20-33)29-34-21-12-5-13-22-34)39(46)43-24-14-23-36(43)38(45)41-35(40(47)50-27-32-17-8-3-9-18-32)25-37(44)49-26-31-15-6-2-7-16-31/h2-13,15-22,30,35-36H,14,23-29H2,1H3,(H,41,45)(H,42,48)/t30-,35-,36-/m0/s1. The molecule has 0 spiro atoms. The smallest absolute Gasteiger partial charge is 0.329 e. The summed E-state index contributed by atoms with van der Waals surface area (Å²) in [6.07, 6.45) is 0.965. The highest BCUT2D eigenvalue weighted by molar-refractivity contribution is 7.60. The first kappa shape index (κ1) is 37.2. The van der Waals surface area contributed by atoms with Crippen molar-refractivity contribution < 1.29 is 33.2 Å². The summed E-state index contributed by atoms with van der Waals surface area (Å²) in [5, 5.41) is 5.85. The van der Waals surface area contributed by atoms with Crippen LogP contribution in [0.25, 0.3) is 0 Å². The zero-order valence-electron chi connectivity index (χ0n) is 28.7. The Morgan fingerprint density at radius 1 is 0.725 bits per heavy atom. The van der Waals surface area contributed by atoms with Crippen molar-refractivity contribution in [2.45, 2.75) is 69.8 Å². The van der Waals surface area contributed by atoms with Crippen LogP contribution in [0.15, 0.2) is 121 Å². The van der Waals surface area contributed by atoms with E-state index in [-0.39, 0.29) is 31.4 Å². The van der Waals surface area contributed by atoms with Gasteiger partial charge in [-0.25, -0.2) is 4.79 Å². The van der Waals surface area contributed by atoms with E-state index in [0.29, 0.717) is 19.4 Å². The SMILES string of the molecule is C[C@H](NP(=O)(Cc1ccccc1)Cc1ccccc1)C(=O)N1CCC[C@H]1C(=O)N[C@@H](CC(=O)OCc1ccccc1)C(=O)OCc1ccccc1. The predicted molar refractivity (Wildman–Crippen MR) is 194 cm³/mol. The zero-order valence-corrected chi connectivity index (χ0v) is 29.6. The second kappa shape index (κ2) is 18.3. The summed E-state index contributed by atoms with van der Waals surface area (Å²) in [4.78, 5) is 55.3. The van der Waals surface area contributed by atoms with E-state index < -0.39 is 49.7 Å². The van der Waals surface area contributed by atoms with Gasteiger partial charge in [0.05, 0.1) is 12.5 Å². The van der Waals surface area contributed by atoms with Gasteiger partial charge in [-0.2, -0.15) is 0 Å². The lowest BCUT2D eigenvalue weighted by molar-refractivity contribution is -0.155. The van der Waals surface area contributed by atoms with Crippen LogP contribution in [0.4, 0.5) is 0 Å². The van der Waals surface area contributed by atoms with Gasteiger partial charge in [-0.15, -0.1) is 0 Å². The van der Waals surface area contributed by atoms with Crippen LogP contribution in [0.5, 0.6) is 0 Å². The van der Waals surface area contributed by atoms with E-state index in [9.17, 15) is 23.7 Å². The number of nitrogens with one attached hydrogen (secondary N) is 2. The van der Waals surface area contributed by atoms with Gasteiger partial charge in [-0.3, -0.25) is 19.5 Å². The van der Waals surface area contributed by atoms with Crippen LogP contribution in [0.1, 0.15) is 48.4 Å². The Kier molecular flexibility index (Phi) is 13.3. The first-order valence-corrected chi connectivity index (χ1v) is 19.2. The van der Waals surface area contributed by atoms with Gasteiger partial charge in [0.15, 0.2) is 7.29 Å². The number of amides is 2. The second-order valence-corrected chi connectivity index (χ2v) is 15.4. The molecule has 5 rings (SSSR count). The van der Waals surface area contributed by atoms with Gasteiger partial charge in [0.25, 0.3) is 0 Å². The number of hydrogen-bond donors (Lipinski definition) is 2. The number of likely N-dealkylation sites (tertiary alicyclic amines) is 1. The summed E-state index contributed by atoms with van der Waals surface area (Å²) in [5.74, 6) is -2.44. The fourth-order valence-corrected chi connectivity index (χ4v) is 8.83. The Balaban J connectivity index is 1.26. The topological polar surface area (TPSA) is 131 Å². The van der Waals surface area contributed by atoms with Crippen molar-refractivity contribution in [2.75, 3.05) is 6.54 Å². The van der Waals surface area contributed by atoms with Crippen LogP contribution in [0.3, 0.4) is 0 Å². The highest BCUT2D eigenvalue weighted by atomic mass is 31.2. The monoisotopic (exact) mass is 709 g/mol. The van der Waals surface area contributed by atoms with Gasteiger partial charge in [0.2, 0.25) is 11.8 Å². The molecule has 1 fully saturated rings. The van der Waals surface area contributed by atoms with E-state index in [1.807, 2.05) is 109 Å². The van der Waals surface area contributed by atoms with Crippen molar-refractivity contribution in [2.24, 2.45) is 0 Å². The molecular formula is C40H44N3O7P. The number of ether oxygens (including phenoxy) is 2. The minimum atomic E-state index is -3.18. The molecule has 0 saturated carbocycles. The highest BCUT2D eigenvalue weighted by Crippen LogP contribution is 2.49. The largest absolute Gasteiger partial charge is 0.461 e. The van der Waals surface area contributed by atoms with Crippen molar-refractivity contribution in [3.63, 3.8) is 0 Å². The molecule has 1 aliphatic heterocycles. The molecule has 11 heteroatoms. The predicted octanol–water partition coefficient (Wildman–Crippen LogP) is 6.00. The molecule has 4 aromatic carbocycles. The normalized spacial score (nSPS) is 15.4. The average Bonchev–Trinajstić information content (AvgIpc) is 3.64. The summed E-state index contributed by atoms with van der Waals surface area (Å²) in [6, 6.07) is 34.0. The molecule has 0 aliphatic carbocycles. The first-order valence-electron chi connectivity index (χ1n) is 17.1. The third-order valence-electron chi connectivity index (χ3n) is 8.64. The van der Waals surface area contributed by atoms with Crippen LogP contribution in [0.2, 0.25) is 0 Å². The van der Waals surface area contributed by atoms with Crippen molar-refractivity contribution in [3.05, 3.63) is 144 Å². The van der Waals surface area contributed by atoms with Crippen LogP contribution in [0, 0.1) is 0 Å². The Hall–Kier alpha value is -5.05. The average molecular weight is 710 g/mol. The van der Waals surface area contributed by atoms with E-state index in [0.717, 1.165) is 22.3 Å². The summed E-state index contributed by atoms with van der Waals surface area (Å²) in [5.41, 5.74) is 3.29. The molecule has 10 nitrogen and oxygen atoms in total. The Morgan fingerprint density at radius 2 is 1.20 bits per heavy atom. The lowest BCUT2D eigenvalue weighted by Gasteiger charge is -2.30. The van der Waals surface area contributed by atoms with Gasteiger partial charge in [-0.05, 0) is 42.0 Å². The summed E-state index contributed by atoms with van der Waals surface area (Å²) < 4.78 is 25.4. The fraction of sp³-hybridized carbons (Fsp3) is 0.300. The molecule has 0 unspecified atom stereocenters. The molecule has 51 heavy (non-hydrogen) atoms. The third kappa shape index (κ3) is 11.2. The molecule has 0 bridgehead atoms. The third-order valence-corrected chi connectivity index (χ3v) is 11.2. The lowest BCUT2D eigenvalue weighted by Crippen LogP contribution is -2.54. The van der Waals surface area contributed by atoms with E-state index in [1.165, 1.54) is 4.90 Å². The van der Waals surface area contributed by atoms with Crippen molar-refractivity contribution >= 4 is 31.0 Å². The minimum absolute atomic E-state index is 0.00754. The van der Waals surface area contributed by atoms with Gasteiger partial charge in [-0.1, -0.05) is 121 Å². The maximum atomic E-state index is 14.5. The number of esters is 2. The van der Waals surface area contributed by atoms with E-state index in [1.54, 1.807) is 19.1 Å². The van der Waals surface area contributed by atoms with E-state index in [2.05, 4.69) is 10.4 Å². The molecule has 4 aromatic rings. The molecular weight excluding hydrogens is 665 g/mol. The number of benzene rings is 4. The van der Waals surface area contributed by atoms with Crippen LogP contribution in [-0.2, 0) is 58.8 Å². The second-order valence-electron chi connectivity index (χ2n) is 12.7. The minimum Gasteiger partial charge on any atom is -0.461 e. The van der Waals surface area contributed by atoms with Crippen LogP contribution in [-0.4, -0.2) is 53.3 Å². The zero-order chi connectivity index (χ0) is 36.1. The molecule has 0 aromatic heterocycles. The Bertz CT molecular complexity index is 1750. The Labute approximate surface area is 299 Å². The highest BCUT2D eigenvalue weighted by Gasteiger charge is 2.39. The lowest BCUT2D eigenvalue weighted by atomic mass is 10.1. The molecule has 3 atom stereocenters. The molecule has 1 heterocycles. The molecule has 266 valence electrons. The Morgan fingerprint density at radius 3 is 1.71 bits per heavy atom. The van der Waals surface area contributed by atoms with Crippen LogP contribution >= 0.6 is 7.29 Å².